The monoisotopic (exact) mass is 853 g/mol. The molecule has 15 nitrogen and oxygen atoms in total. The Bertz CT molecular complexity index is 2550. The van der Waals surface area contributed by atoms with E-state index < -0.39 is 18.3 Å². The van der Waals surface area contributed by atoms with Crippen LogP contribution in [0, 0.1) is 0 Å². The maximum atomic E-state index is 10.1. The molecule has 3 aliphatic heterocycles. The van der Waals surface area contributed by atoms with Crippen LogP contribution < -0.4 is 0 Å². The second kappa shape index (κ2) is 17.6. The minimum absolute atomic E-state index is 0.350. The Labute approximate surface area is 366 Å². The average Bonchev–Trinajstić information content (AvgIpc) is 4.01. The van der Waals surface area contributed by atoms with Gasteiger partial charge in [0.15, 0.2) is 0 Å². The summed E-state index contributed by atoms with van der Waals surface area (Å²) in [6, 6.07) is 0. The number of ether oxygens (including phenoxy) is 3. The van der Waals surface area contributed by atoms with E-state index in [0.717, 1.165) is 96.0 Å². The van der Waals surface area contributed by atoms with E-state index in [1.807, 2.05) is 72.4 Å². The van der Waals surface area contributed by atoms with Crippen molar-refractivity contribution in [1.29, 1.82) is 0 Å². The lowest BCUT2D eigenvalue weighted by Crippen LogP contribution is -2.22. The molecule has 9 heterocycles. The Morgan fingerprint density at radius 1 is 0.492 bits per heavy atom. The van der Waals surface area contributed by atoms with Crippen molar-refractivity contribution in [3.8, 4) is 0 Å². The molecular formula is C48H55N9O6. The Morgan fingerprint density at radius 2 is 0.937 bits per heavy atom. The minimum atomic E-state index is -0.572. The Hall–Kier alpha value is -5.42. The Kier molecular flexibility index (Phi) is 11.6. The molecule has 12 rings (SSSR count). The number of aryl methyl sites for hydroxylation is 6. The number of aromatic nitrogens is 9. The lowest BCUT2D eigenvalue weighted by Gasteiger charge is -2.29. The molecule has 328 valence electrons. The van der Waals surface area contributed by atoms with Crippen LogP contribution in [-0.2, 0) is 87.3 Å². The van der Waals surface area contributed by atoms with Gasteiger partial charge in [0.25, 0.3) is 0 Å². The Morgan fingerprint density at radius 3 is 1.48 bits per heavy atom. The zero-order valence-electron chi connectivity index (χ0n) is 36.2. The van der Waals surface area contributed by atoms with Gasteiger partial charge in [-0.3, -0.25) is 29.0 Å². The fraction of sp³-hybridized carbons (Fsp3) is 0.458. The Balaban J connectivity index is 0.000000112. The van der Waals surface area contributed by atoms with E-state index >= 15 is 0 Å². The first-order valence-corrected chi connectivity index (χ1v) is 22.1. The van der Waals surface area contributed by atoms with Crippen LogP contribution in [0.4, 0.5) is 0 Å². The molecule has 5 unspecified atom stereocenters. The van der Waals surface area contributed by atoms with Gasteiger partial charge in [0, 0.05) is 92.0 Å². The number of hydrogen-bond acceptors (Lipinski definition) is 12. The molecule has 3 aliphatic carbocycles. The third kappa shape index (κ3) is 8.06. The molecule has 0 spiro atoms. The van der Waals surface area contributed by atoms with Gasteiger partial charge < -0.3 is 29.5 Å². The van der Waals surface area contributed by atoms with E-state index in [-0.39, 0.29) is 0 Å². The fourth-order valence-electron chi connectivity index (χ4n) is 10.4. The maximum Gasteiger partial charge on any atom is 0.104 e. The molecule has 6 aromatic rings. The summed E-state index contributed by atoms with van der Waals surface area (Å²) in [4.78, 5) is 13.0. The van der Waals surface area contributed by atoms with Crippen molar-refractivity contribution < 1.29 is 29.5 Å². The molecule has 15 heteroatoms. The van der Waals surface area contributed by atoms with Crippen molar-refractivity contribution in [2.75, 3.05) is 19.8 Å². The quantitative estimate of drug-likeness (QED) is 0.213. The van der Waals surface area contributed by atoms with E-state index in [1.54, 1.807) is 18.6 Å². The van der Waals surface area contributed by atoms with Crippen LogP contribution in [0.15, 0.2) is 55.8 Å². The summed E-state index contributed by atoms with van der Waals surface area (Å²) in [6.45, 7) is 2.80. The summed E-state index contributed by atoms with van der Waals surface area (Å²) in [5.41, 5.74) is 18.7. The van der Waals surface area contributed by atoms with E-state index in [4.69, 9.17) is 14.2 Å². The molecular weight excluding hydrogens is 799 g/mol. The van der Waals surface area contributed by atoms with Crippen molar-refractivity contribution in [3.05, 3.63) is 140 Å². The van der Waals surface area contributed by atoms with Crippen LogP contribution in [0.3, 0.4) is 0 Å². The van der Waals surface area contributed by atoms with Gasteiger partial charge in [0.05, 0.1) is 63.9 Å². The standard InChI is InChI=1S/2C16H19N3O2.C16H17N3O2/c3*1-19-15-4-10(2-3-11(15)5-18-19)12-6-17-7-13-14(12)8-21-9-16(13)20/h2*5-7,10,16,20H,2-4,8-9H2,1H3;4-7,16,20H,2-3,8-9H2,1H3. The van der Waals surface area contributed by atoms with Gasteiger partial charge in [-0.25, -0.2) is 0 Å². The van der Waals surface area contributed by atoms with E-state index in [0.29, 0.717) is 51.5 Å². The highest BCUT2D eigenvalue weighted by atomic mass is 16.5. The largest absolute Gasteiger partial charge is 0.386 e. The summed E-state index contributed by atoms with van der Waals surface area (Å²) in [6.07, 6.45) is 25.8. The molecule has 63 heavy (non-hydrogen) atoms. The second-order valence-corrected chi connectivity index (χ2v) is 17.6. The summed E-state index contributed by atoms with van der Waals surface area (Å²) in [7, 11) is 5.98. The van der Waals surface area contributed by atoms with E-state index in [2.05, 4.69) is 36.3 Å². The van der Waals surface area contributed by atoms with E-state index in [1.165, 1.54) is 44.8 Å². The summed E-state index contributed by atoms with van der Waals surface area (Å²) in [5, 5.41) is 43.2. The molecule has 5 atom stereocenters. The van der Waals surface area contributed by atoms with Gasteiger partial charge >= 0.3 is 0 Å². The molecule has 3 N–H and O–H groups in total. The third-order valence-corrected chi connectivity index (χ3v) is 13.9. The predicted molar refractivity (Wildman–Crippen MR) is 232 cm³/mol. The third-order valence-electron chi connectivity index (χ3n) is 13.9. The maximum absolute atomic E-state index is 10.1. The molecule has 0 amide bonds. The van der Waals surface area contributed by atoms with Crippen molar-refractivity contribution >= 4 is 11.6 Å². The number of fused-ring (bicyclic) bond motifs is 6. The number of rotatable bonds is 3. The molecule has 6 aliphatic rings. The van der Waals surface area contributed by atoms with Crippen LogP contribution in [-0.4, -0.2) is 79.4 Å². The van der Waals surface area contributed by atoms with Crippen molar-refractivity contribution in [1.82, 2.24) is 44.3 Å². The number of nitrogens with zero attached hydrogens (tertiary/aromatic N) is 9. The van der Waals surface area contributed by atoms with E-state index in [9.17, 15) is 15.3 Å². The lowest BCUT2D eigenvalue weighted by atomic mass is 9.80. The van der Waals surface area contributed by atoms with Gasteiger partial charge in [-0.1, -0.05) is 0 Å². The van der Waals surface area contributed by atoms with Crippen molar-refractivity contribution in [2.45, 2.75) is 101 Å². The normalized spacial score (nSPS) is 23.2. The SMILES string of the molecule is Cn1ncc2c1C=C(c1cncc3c1COCC3O)CC2.Cn1ncc2c1CC(c1cncc3c1COCC3O)CC2.Cn1ncc2c1CC(c1cncc3c1COCC3O)CC2. The highest BCUT2D eigenvalue weighted by molar-refractivity contribution is 5.84. The van der Waals surface area contributed by atoms with Gasteiger partial charge in [-0.2, -0.15) is 15.3 Å². The molecule has 0 saturated carbocycles. The van der Waals surface area contributed by atoms with Crippen LogP contribution in [0.25, 0.3) is 11.6 Å². The average molecular weight is 854 g/mol. The molecule has 0 bridgehead atoms. The molecule has 0 fully saturated rings. The first kappa shape index (κ1) is 41.6. The van der Waals surface area contributed by atoms with Crippen LogP contribution in [0.5, 0.6) is 0 Å². The number of hydrogen-bond donors (Lipinski definition) is 3. The smallest absolute Gasteiger partial charge is 0.104 e. The predicted octanol–water partition coefficient (Wildman–Crippen LogP) is 5.17. The number of pyridine rings is 3. The minimum Gasteiger partial charge on any atom is -0.386 e. The van der Waals surface area contributed by atoms with Crippen molar-refractivity contribution in [3.63, 3.8) is 0 Å². The van der Waals surface area contributed by atoms with Crippen LogP contribution in [0.1, 0.15) is 133 Å². The molecule has 0 aromatic carbocycles. The number of aliphatic hydroxyl groups excluding tert-OH is 3. The molecule has 0 radical (unpaired) electrons. The first-order valence-electron chi connectivity index (χ1n) is 22.1. The highest BCUT2D eigenvalue weighted by Crippen LogP contribution is 2.40. The summed E-state index contributed by atoms with van der Waals surface area (Å²) in [5.74, 6) is 0.869. The van der Waals surface area contributed by atoms with Gasteiger partial charge in [0.2, 0.25) is 0 Å². The van der Waals surface area contributed by atoms with Gasteiger partial charge in [-0.15, -0.1) is 0 Å². The highest BCUT2D eigenvalue weighted by Gasteiger charge is 2.31. The summed E-state index contributed by atoms with van der Waals surface area (Å²) >= 11 is 0. The van der Waals surface area contributed by atoms with Crippen LogP contribution >= 0.6 is 0 Å². The molecule has 6 aromatic heterocycles. The van der Waals surface area contributed by atoms with Gasteiger partial charge in [-0.05, 0) is 119 Å². The number of aliphatic hydroxyl groups is 3. The van der Waals surface area contributed by atoms with Gasteiger partial charge in [0.1, 0.15) is 18.3 Å². The van der Waals surface area contributed by atoms with Crippen molar-refractivity contribution in [2.24, 2.45) is 21.1 Å². The molecule has 0 saturated heterocycles. The fourth-order valence-corrected chi connectivity index (χ4v) is 10.4. The zero-order chi connectivity index (χ0) is 43.2. The zero-order valence-corrected chi connectivity index (χ0v) is 36.2. The number of allylic oxidation sites excluding steroid dienone is 1. The second-order valence-electron chi connectivity index (χ2n) is 17.6. The first-order chi connectivity index (χ1) is 30.7. The lowest BCUT2D eigenvalue weighted by molar-refractivity contribution is 0.00884. The van der Waals surface area contributed by atoms with Crippen LogP contribution in [0.2, 0.25) is 0 Å². The summed E-state index contributed by atoms with van der Waals surface area (Å²) < 4.78 is 22.4. The topological polar surface area (TPSA) is 181 Å².